The molecule has 0 aromatic heterocycles. The molecule has 0 bridgehead atoms. The van der Waals surface area contributed by atoms with Gasteiger partial charge in [-0.05, 0) is 25.1 Å². The molecule has 1 aromatic carbocycles. The van der Waals surface area contributed by atoms with Crippen LogP contribution in [0.1, 0.15) is 13.3 Å². The Kier molecular flexibility index (Phi) is 6.07. The van der Waals surface area contributed by atoms with Crippen molar-refractivity contribution in [2.24, 2.45) is 0 Å². The van der Waals surface area contributed by atoms with Gasteiger partial charge in [-0.3, -0.25) is 10.2 Å². The maximum absolute atomic E-state index is 11.5. The van der Waals surface area contributed by atoms with Crippen molar-refractivity contribution >= 4 is 45.2 Å². The summed E-state index contributed by atoms with van der Waals surface area (Å²) in [5, 5.41) is 11.8. The molecule has 0 aliphatic carbocycles. The van der Waals surface area contributed by atoms with Crippen molar-refractivity contribution in [1.29, 1.82) is 0 Å². The third-order valence-electron chi connectivity index (χ3n) is 1.98. The first-order valence-corrected chi connectivity index (χ1v) is 6.54. The van der Waals surface area contributed by atoms with Gasteiger partial charge < -0.3 is 10.4 Å². The van der Waals surface area contributed by atoms with E-state index in [1.54, 1.807) is 18.2 Å². The minimum absolute atomic E-state index is 0.0979. The average molecular weight is 351 g/mol. The van der Waals surface area contributed by atoms with Crippen LogP contribution in [0.5, 0.6) is 0 Å². The Morgan fingerprint density at radius 2 is 2.11 bits per heavy atom. The van der Waals surface area contributed by atoms with Gasteiger partial charge in [-0.15, -0.1) is 0 Å². The monoisotopic (exact) mass is 349 g/mol. The third-order valence-corrected chi connectivity index (χ3v) is 2.78. The molecule has 1 atom stereocenters. The van der Waals surface area contributed by atoms with Gasteiger partial charge in [0.1, 0.15) is 0 Å². The van der Waals surface area contributed by atoms with E-state index in [0.717, 1.165) is 4.47 Å². The molecule has 0 aliphatic heterocycles. The topological polar surface area (TPSA) is 90.5 Å². The molecular weight excluding hydrogens is 337 g/mol. The number of benzene rings is 1. The van der Waals surface area contributed by atoms with Crippen LogP contribution < -0.4 is 16.2 Å². The van der Waals surface area contributed by atoms with E-state index in [9.17, 15) is 9.59 Å². The van der Waals surface area contributed by atoms with E-state index >= 15 is 0 Å². The van der Waals surface area contributed by atoms with Gasteiger partial charge in [0.25, 0.3) is 0 Å². The fourth-order valence-corrected chi connectivity index (χ4v) is 1.91. The van der Waals surface area contributed by atoms with Gasteiger partial charge in [0.05, 0.1) is 23.2 Å². The maximum Gasteiger partial charge on any atom is 0.337 e. The number of carbonyl (C=O) groups is 2. The molecule has 0 saturated heterocycles. The molecule has 19 heavy (non-hydrogen) atoms. The van der Waals surface area contributed by atoms with Crippen LogP contribution >= 0.6 is 27.5 Å². The molecule has 4 N–H and O–H groups in total. The summed E-state index contributed by atoms with van der Waals surface area (Å²) in [6.45, 7) is 1.47. The lowest BCUT2D eigenvalue weighted by atomic mass is 10.3. The first kappa shape index (κ1) is 15.7. The molecule has 0 saturated carbocycles. The summed E-state index contributed by atoms with van der Waals surface area (Å²) in [6, 6.07) is 4.32. The smallest absolute Gasteiger partial charge is 0.337 e. The van der Waals surface area contributed by atoms with Crippen LogP contribution in [0, 0.1) is 0 Å². The SMILES string of the molecule is C[C@@H](O)CC(=O)NNC(=O)Nc1ccc(Br)cc1Cl. The number of rotatable bonds is 3. The Labute approximate surface area is 123 Å². The number of nitrogens with one attached hydrogen (secondary N) is 3. The standard InChI is InChI=1S/C11H13BrClN3O3/c1-6(17)4-10(18)15-16-11(19)14-9-3-2-7(12)5-8(9)13/h2-3,5-6,17H,4H2,1H3,(H,15,18)(H2,14,16,19)/t6-/m1/s1. The van der Waals surface area contributed by atoms with Crippen LogP contribution in [0.25, 0.3) is 0 Å². The van der Waals surface area contributed by atoms with Crippen LogP contribution in [0.4, 0.5) is 10.5 Å². The molecule has 0 radical (unpaired) electrons. The number of aliphatic hydroxyl groups is 1. The lowest BCUT2D eigenvalue weighted by molar-refractivity contribution is -0.123. The minimum atomic E-state index is -0.772. The Hall–Kier alpha value is -1.31. The van der Waals surface area contributed by atoms with Crippen molar-refractivity contribution in [1.82, 2.24) is 10.9 Å². The van der Waals surface area contributed by atoms with E-state index in [-0.39, 0.29) is 6.42 Å². The number of halogens is 2. The van der Waals surface area contributed by atoms with Crippen molar-refractivity contribution in [2.45, 2.75) is 19.4 Å². The van der Waals surface area contributed by atoms with Crippen LogP contribution in [-0.4, -0.2) is 23.1 Å². The highest BCUT2D eigenvalue weighted by Gasteiger charge is 2.09. The van der Waals surface area contributed by atoms with Crippen molar-refractivity contribution in [3.8, 4) is 0 Å². The molecule has 6 nitrogen and oxygen atoms in total. The molecular formula is C11H13BrClN3O3. The molecule has 0 unspecified atom stereocenters. The van der Waals surface area contributed by atoms with Gasteiger partial charge in [-0.2, -0.15) is 0 Å². The molecule has 0 spiro atoms. The average Bonchev–Trinajstić information content (AvgIpc) is 2.29. The minimum Gasteiger partial charge on any atom is -0.393 e. The summed E-state index contributed by atoms with van der Waals surface area (Å²) in [7, 11) is 0. The number of urea groups is 1. The molecule has 1 aromatic rings. The molecule has 0 aliphatic rings. The fraction of sp³-hybridized carbons (Fsp3) is 0.273. The number of anilines is 1. The number of hydrazine groups is 1. The number of hydrogen-bond acceptors (Lipinski definition) is 3. The second kappa shape index (κ2) is 7.32. The number of amides is 3. The van der Waals surface area contributed by atoms with E-state index in [1.165, 1.54) is 6.92 Å². The highest BCUT2D eigenvalue weighted by Crippen LogP contribution is 2.25. The van der Waals surface area contributed by atoms with Gasteiger partial charge in [0, 0.05) is 4.47 Å². The van der Waals surface area contributed by atoms with E-state index in [1.807, 2.05) is 0 Å². The zero-order valence-corrected chi connectivity index (χ0v) is 12.4. The van der Waals surface area contributed by atoms with Crippen LogP contribution in [-0.2, 0) is 4.79 Å². The molecule has 8 heteroatoms. The van der Waals surface area contributed by atoms with Gasteiger partial charge in [-0.25, -0.2) is 10.2 Å². The molecule has 0 fully saturated rings. The predicted octanol–water partition coefficient (Wildman–Crippen LogP) is 2.03. The lowest BCUT2D eigenvalue weighted by Gasteiger charge is -2.10. The van der Waals surface area contributed by atoms with Crippen LogP contribution in [0.15, 0.2) is 22.7 Å². The highest BCUT2D eigenvalue weighted by atomic mass is 79.9. The predicted molar refractivity (Wildman–Crippen MR) is 75.7 cm³/mol. The third kappa shape index (κ3) is 5.91. The van der Waals surface area contributed by atoms with Gasteiger partial charge >= 0.3 is 6.03 Å². The second-order valence-corrected chi connectivity index (χ2v) is 5.13. The summed E-state index contributed by atoms with van der Waals surface area (Å²) in [5.41, 5.74) is 4.71. The van der Waals surface area contributed by atoms with Gasteiger partial charge in [-0.1, -0.05) is 27.5 Å². The van der Waals surface area contributed by atoms with E-state index in [4.69, 9.17) is 16.7 Å². The van der Waals surface area contributed by atoms with E-state index in [2.05, 4.69) is 32.1 Å². The maximum atomic E-state index is 11.5. The molecule has 1 rings (SSSR count). The first-order valence-electron chi connectivity index (χ1n) is 5.37. The summed E-state index contributed by atoms with van der Waals surface area (Å²) >= 11 is 9.15. The van der Waals surface area contributed by atoms with Crippen molar-refractivity contribution in [2.75, 3.05) is 5.32 Å². The van der Waals surface area contributed by atoms with Gasteiger partial charge in [0.2, 0.25) is 5.91 Å². The Morgan fingerprint density at radius 1 is 1.42 bits per heavy atom. The fourth-order valence-electron chi connectivity index (χ4n) is 1.19. The largest absolute Gasteiger partial charge is 0.393 e. The molecule has 3 amide bonds. The van der Waals surface area contributed by atoms with Gasteiger partial charge in [0.15, 0.2) is 0 Å². The number of carbonyl (C=O) groups excluding carboxylic acids is 2. The zero-order valence-electron chi connectivity index (χ0n) is 10.0. The van der Waals surface area contributed by atoms with E-state index in [0.29, 0.717) is 10.7 Å². The molecule has 0 heterocycles. The Bertz CT molecular complexity index is 482. The second-order valence-electron chi connectivity index (χ2n) is 3.80. The number of aliphatic hydroxyl groups excluding tert-OH is 1. The number of hydrogen-bond donors (Lipinski definition) is 4. The normalized spacial score (nSPS) is 11.6. The lowest BCUT2D eigenvalue weighted by Crippen LogP contribution is -2.44. The zero-order chi connectivity index (χ0) is 14.4. The highest BCUT2D eigenvalue weighted by molar-refractivity contribution is 9.10. The summed E-state index contributed by atoms with van der Waals surface area (Å²) in [6.07, 6.45) is -0.870. The van der Waals surface area contributed by atoms with Crippen LogP contribution in [0.3, 0.4) is 0 Å². The van der Waals surface area contributed by atoms with E-state index < -0.39 is 18.0 Å². The summed E-state index contributed by atoms with van der Waals surface area (Å²) in [5.74, 6) is -0.493. The Morgan fingerprint density at radius 3 is 2.68 bits per heavy atom. The summed E-state index contributed by atoms with van der Waals surface area (Å²) in [4.78, 5) is 22.6. The van der Waals surface area contributed by atoms with Crippen molar-refractivity contribution in [3.05, 3.63) is 27.7 Å². The Balaban J connectivity index is 2.45. The summed E-state index contributed by atoms with van der Waals surface area (Å²) < 4.78 is 0.786. The van der Waals surface area contributed by atoms with Crippen LogP contribution in [0.2, 0.25) is 5.02 Å². The molecule has 104 valence electrons. The van der Waals surface area contributed by atoms with Crippen molar-refractivity contribution in [3.63, 3.8) is 0 Å². The first-order chi connectivity index (χ1) is 8.88. The van der Waals surface area contributed by atoms with Crippen molar-refractivity contribution < 1.29 is 14.7 Å². The quantitative estimate of drug-likeness (QED) is 0.629.